The van der Waals surface area contributed by atoms with Crippen molar-refractivity contribution in [3.05, 3.63) is 32.7 Å². The summed E-state index contributed by atoms with van der Waals surface area (Å²) in [6.07, 6.45) is 0. The van der Waals surface area contributed by atoms with E-state index in [-0.39, 0.29) is 18.4 Å². The van der Waals surface area contributed by atoms with Gasteiger partial charge in [0.05, 0.1) is 11.5 Å². The Kier molecular flexibility index (Phi) is 6.00. The van der Waals surface area contributed by atoms with Crippen LogP contribution >= 0.6 is 31.9 Å². The number of amides is 1. The summed E-state index contributed by atoms with van der Waals surface area (Å²) in [4.78, 5) is 23.0. The van der Waals surface area contributed by atoms with Crippen molar-refractivity contribution >= 4 is 43.7 Å². The van der Waals surface area contributed by atoms with E-state index in [1.54, 1.807) is 18.2 Å². The summed E-state index contributed by atoms with van der Waals surface area (Å²) in [5, 5.41) is 11.7. The van der Waals surface area contributed by atoms with Gasteiger partial charge in [-0.05, 0) is 40.0 Å². The lowest BCUT2D eigenvalue weighted by Gasteiger charge is -2.17. The summed E-state index contributed by atoms with van der Waals surface area (Å²) in [6, 6.07) is 5.21. The molecule has 1 aromatic rings. The SMILES string of the molecule is CC(C)C(CNC(=O)c1ccc(Br)cc1Br)C(=O)O. The molecule has 0 spiro atoms. The summed E-state index contributed by atoms with van der Waals surface area (Å²) >= 11 is 6.61. The molecule has 0 fully saturated rings. The van der Waals surface area contributed by atoms with E-state index in [9.17, 15) is 9.59 Å². The van der Waals surface area contributed by atoms with Gasteiger partial charge in [-0.1, -0.05) is 29.8 Å². The Morgan fingerprint density at radius 3 is 2.42 bits per heavy atom. The van der Waals surface area contributed by atoms with Gasteiger partial charge in [0.2, 0.25) is 0 Å². The summed E-state index contributed by atoms with van der Waals surface area (Å²) in [6.45, 7) is 3.76. The zero-order chi connectivity index (χ0) is 14.6. The van der Waals surface area contributed by atoms with E-state index in [2.05, 4.69) is 37.2 Å². The Hall–Kier alpha value is -0.880. The predicted octanol–water partition coefficient (Wildman–Crippen LogP) is 3.30. The normalized spacial score (nSPS) is 12.3. The highest BCUT2D eigenvalue weighted by Crippen LogP contribution is 2.22. The van der Waals surface area contributed by atoms with Crippen molar-refractivity contribution in [2.75, 3.05) is 6.54 Å². The second kappa shape index (κ2) is 7.05. The summed E-state index contributed by atoms with van der Waals surface area (Å²) < 4.78 is 1.53. The van der Waals surface area contributed by atoms with Crippen LogP contribution in [0.3, 0.4) is 0 Å². The molecule has 0 aliphatic heterocycles. The number of hydrogen-bond acceptors (Lipinski definition) is 2. The van der Waals surface area contributed by atoms with E-state index in [1.165, 1.54) is 0 Å². The molecule has 2 N–H and O–H groups in total. The molecule has 0 radical (unpaired) electrons. The van der Waals surface area contributed by atoms with E-state index in [4.69, 9.17) is 5.11 Å². The molecule has 0 aliphatic carbocycles. The molecule has 0 saturated heterocycles. The van der Waals surface area contributed by atoms with Gasteiger partial charge in [0.1, 0.15) is 0 Å². The predicted molar refractivity (Wildman–Crippen MR) is 80.1 cm³/mol. The number of carboxylic acid groups (broad SMARTS) is 1. The molecule has 0 aliphatic rings. The minimum absolute atomic E-state index is 0.0360. The van der Waals surface area contributed by atoms with Gasteiger partial charge in [-0.25, -0.2) is 0 Å². The first-order valence-electron chi connectivity index (χ1n) is 5.79. The smallest absolute Gasteiger partial charge is 0.308 e. The van der Waals surface area contributed by atoms with Gasteiger partial charge in [-0.15, -0.1) is 0 Å². The van der Waals surface area contributed by atoms with Crippen molar-refractivity contribution in [1.82, 2.24) is 5.32 Å². The van der Waals surface area contributed by atoms with E-state index >= 15 is 0 Å². The lowest BCUT2D eigenvalue weighted by molar-refractivity contribution is -0.142. The average Bonchev–Trinajstić information content (AvgIpc) is 2.27. The molecule has 0 aromatic heterocycles. The van der Waals surface area contributed by atoms with Crippen LogP contribution in [0, 0.1) is 11.8 Å². The van der Waals surface area contributed by atoms with Crippen molar-refractivity contribution < 1.29 is 14.7 Å². The lowest BCUT2D eigenvalue weighted by atomic mass is 9.96. The minimum atomic E-state index is -0.898. The van der Waals surface area contributed by atoms with Crippen LogP contribution in [-0.2, 0) is 4.79 Å². The van der Waals surface area contributed by atoms with Crippen LogP contribution in [0.1, 0.15) is 24.2 Å². The standard InChI is InChI=1S/C13H15Br2NO3/c1-7(2)10(13(18)19)6-16-12(17)9-4-3-8(14)5-11(9)15/h3-5,7,10H,6H2,1-2H3,(H,16,17)(H,18,19). The first-order valence-corrected chi connectivity index (χ1v) is 7.37. The fourth-order valence-corrected chi connectivity index (χ4v) is 2.81. The van der Waals surface area contributed by atoms with E-state index < -0.39 is 11.9 Å². The lowest BCUT2D eigenvalue weighted by Crippen LogP contribution is -2.35. The molecule has 1 unspecified atom stereocenters. The van der Waals surface area contributed by atoms with Gasteiger partial charge in [-0.3, -0.25) is 9.59 Å². The topological polar surface area (TPSA) is 66.4 Å². The van der Waals surface area contributed by atoms with Crippen LogP contribution < -0.4 is 5.32 Å². The Balaban J connectivity index is 2.72. The molecular weight excluding hydrogens is 378 g/mol. The molecule has 6 heteroatoms. The van der Waals surface area contributed by atoms with Crippen molar-refractivity contribution in [2.24, 2.45) is 11.8 Å². The molecule has 1 atom stereocenters. The van der Waals surface area contributed by atoms with Crippen molar-refractivity contribution in [1.29, 1.82) is 0 Å². The molecular formula is C13H15Br2NO3. The maximum atomic E-state index is 12.0. The molecule has 1 amide bonds. The van der Waals surface area contributed by atoms with Gasteiger partial charge in [0.15, 0.2) is 0 Å². The van der Waals surface area contributed by atoms with E-state index in [0.717, 1.165) is 4.47 Å². The van der Waals surface area contributed by atoms with Crippen LogP contribution in [0.2, 0.25) is 0 Å². The van der Waals surface area contributed by atoms with Gasteiger partial charge in [-0.2, -0.15) is 0 Å². The Morgan fingerprint density at radius 1 is 1.32 bits per heavy atom. The van der Waals surface area contributed by atoms with Gasteiger partial charge in [0.25, 0.3) is 5.91 Å². The van der Waals surface area contributed by atoms with Gasteiger partial charge >= 0.3 is 5.97 Å². The average molecular weight is 393 g/mol. The van der Waals surface area contributed by atoms with Crippen LogP contribution in [-0.4, -0.2) is 23.5 Å². The zero-order valence-corrected chi connectivity index (χ0v) is 13.8. The third kappa shape index (κ3) is 4.62. The highest BCUT2D eigenvalue weighted by Gasteiger charge is 2.22. The molecule has 104 valence electrons. The monoisotopic (exact) mass is 391 g/mol. The first-order chi connectivity index (χ1) is 8.82. The van der Waals surface area contributed by atoms with Crippen molar-refractivity contribution in [3.8, 4) is 0 Å². The Morgan fingerprint density at radius 2 is 1.95 bits per heavy atom. The number of nitrogens with one attached hydrogen (secondary N) is 1. The van der Waals surface area contributed by atoms with Gasteiger partial charge < -0.3 is 10.4 Å². The number of carbonyl (C=O) groups excluding carboxylic acids is 1. The van der Waals surface area contributed by atoms with E-state index in [0.29, 0.717) is 10.0 Å². The summed E-state index contributed by atoms with van der Waals surface area (Å²) in [5.41, 5.74) is 0.482. The fraction of sp³-hybridized carbons (Fsp3) is 0.385. The number of benzene rings is 1. The Labute approximate surface area is 128 Å². The van der Waals surface area contributed by atoms with Crippen LogP contribution in [0.15, 0.2) is 27.1 Å². The third-order valence-corrected chi connectivity index (χ3v) is 3.93. The minimum Gasteiger partial charge on any atom is -0.481 e. The molecule has 19 heavy (non-hydrogen) atoms. The van der Waals surface area contributed by atoms with Crippen molar-refractivity contribution in [2.45, 2.75) is 13.8 Å². The van der Waals surface area contributed by atoms with Crippen LogP contribution in [0.5, 0.6) is 0 Å². The Bertz CT molecular complexity index is 489. The maximum Gasteiger partial charge on any atom is 0.308 e. The van der Waals surface area contributed by atoms with Crippen LogP contribution in [0.4, 0.5) is 0 Å². The largest absolute Gasteiger partial charge is 0.481 e. The molecule has 0 heterocycles. The number of hydrogen-bond donors (Lipinski definition) is 2. The van der Waals surface area contributed by atoms with Gasteiger partial charge in [0, 0.05) is 15.5 Å². The number of rotatable bonds is 5. The number of aliphatic carboxylic acids is 1. The van der Waals surface area contributed by atoms with E-state index in [1.807, 2.05) is 13.8 Å². The molecule has 0 saturated carbocycles. The fourth-order valence-electron chi connectivity index (χ4n) is 1.58. The summed E-state index contributed by atoms with van der Waals surface area (Å²) in [7, 11) is 0. The number of carbonyl (C=O) groups is 2. The summed E-state index contributed by atoms with van der Waals surface area (Å²) in [5.74, 6) is -1.80. The molecule has 1 rings (SSSR count). The highest BCUT2D eigenvalue weighted by molar-refractivity contribution is 9.11. The highest BCUT2D eigenvalue weighted by atomic mass is 79.9. The quantitative estimate of drug-likeness (QED) is 0.807. The number of carboxylic acids is 1. The van der Waals surface area contributed by atoms with Crippen LogP contribution in [0.25, 0.3) is 0 Å². The molecule has 0 bridgehead atoms. The second-order valence-corrected chi connectivity index (χ2v) is 6.29. The number of halogens is 2. The van der Waals surface area contributed by atoms with Crippen molar-refractivity contribution in [3.63, 3.8) is 0 Å². The third-order valence-electron chi connectivity index (χ3n) is 2.78. The zero-order valence-electron chi connectivity index (χ0n) is 10.6. The molecule has 4 nitrogen and oxygen atoms in total. The second-order valence-electron chi connectivity index (χ2n) is 4.52. The molecule has 1 aromatic carbocycles. The first kappa shape index (κ1) is 16.2. The maximum absolute atomic E-state index is 12.0.